The van der Waals surface area contributed by atoms with Crippen LogP contribution in [0, 0.1) is 12.7 Å². The summed E-state index contributed by atoms with van der Waals surface area (Å²) >= 11 is 0. The van der Waals surface area contributed by atoms with Crippen molar-refractivity contribution in [2.24, 2.45) is 4.99 Å². The first-order valence-electron chi connectivity index (χ1n) is 10.2. The Balaban J connectivity index is 1.41. The SMILES string of the molecule is Cc1ccc(F)c(CN2CC[C@](C)(NS3(Cl)C=NC(NS(=O)(=O)c4ccccc4)=C3)C2)c1. The zero-order valence-electron chi connectivity index (χ0n) is 17.9. The van der Waals surface area contributed by atoms with Gasteiger partial charge in [-0.2, -0.15) is 0 Å². The van der Waals surface area contributed by atoms with Gasteiger partial charge in [-0.15, -0.1) is 0 Å². The molecule has 2 N–H and O–H groups in total. The van der Waals surface area contributed by atoms with Crippen LogP contribution in [0.3, 0.4) is 0 Å². The Kier molecular flexibility index (Phi) is 6.39. The van der Waals surface area contributed by atoms with E-state index >= 15 is 0 Å². The van der Waals surface area contributed by atoms with Gasteiger partial charge in [-0.05, 0) is 58.6 Å². The highest BCUT2D eigenvalue weighted by molar-refractivity contribution is 8.60. The van der Waals surface area contributed by atoms with Crippen LogP contribution in [0.5, 0.6) is 0 Å². The van der Waals surface area contributed by atoms with E-state index in [1.807, 2.05) is 13.0 Å². The van der Waals surface area contributed by atoms with Crippen LogP contribution in [0.4, 0.5) is 4.39 Å². The van der Waals surface area contributed by atoms with E-state index in [1.165, 1.54) is 18.2 Å². The molecule has 0 spiro atoms. The van der Waals surface area contributed by atoms with Crippen molar-refractivity contribution >= 4 is 35.7 Å². The van der Waals surface area contributed by atoms with Crippen molar-refractivity contribution in [1.29, 1.82) is 0 Å². The summed E-state index contributed by atoms with van der Waals surface area (Å²) in [6.07, 6.45) is 0.828. The van der Waals surface area contributed by atoms with E-state index in [0.29, 0.717) is 18.7 Å². The summed E-state index contributed by atoms with van der Waals surface area (Å²) in [6, 6.07) is 13.3. The molecule has 2 aliphatic rings. The Morgan fingerprint density at radius 3 is 2.75 bits per heavy atom. The molecular weight excluding hydrogens is 471 g/mol. The first kappa shape index (κ1) is 23.3. The molecule has 0 amide bonds. The molecule has 6 nitrogen and oxygen atoms in total. The fourth-order valence-corrected chi connectivity index (χ4v) is 7.81. The second kappa shape index (κ2) is 8.79. The molecule has 172 valence electrons. The second-order valence-electron chi connectivity index (χ2n) is 8.50. The third-order valence-corrected chi connectivity index (χ3v) is 9.36. The van der Waals surface area contributed by atoms with Gasteiger partial charge >= 0.3 is 0 Å². The molecule has 32 heavy (non-hydrogen) atoms. The number of nitrogens with one attached hydrogen (secondary N) is 2. The van der Waals surface area contributed by atoms with Crippen LogP contribution < -0.4 is 9.44 Å². The van der Waals surface area contributed by atoms with Crippen molar-refractivity contribution < 1.29 is 12.8 Å². The minimum absolute atomic E-state index is 0.160. The first-order chi connectivity index (χ1) is 15.1. The van der Waals surface area contributed by atoms with Crippen molar-refractivity contribution in [3.63, 3.8) is 0 Å². The molecule has 2 aromatic rings. The quantitative estimate of drug-likeness (QED) is 0.596. The standard InChI is InChI=1S/C22H26ClFN4O2S2/c1-17-8-9-20(24)18(12-17)13-28-11-10-22(2,15-28)27-31(23)14-21(25-16-31)26-32(29,30)19-6-4-3-5-7-19/h3-9,12,14,16,26-27H,10-11,13,15H2,1-2H3/t22-/m0/s1. The largest absolute Gasteiger partial charge is 0.297 e. The van der Waals surface area contributed by atoms with Crippen LogP contribution in [0.15, 0.2) is 69.6 Å². The number of nitrogens with zero attached hydrogens (tertiary/aromatic N) is 2. The third kappa shape index (κ3) is 5.35. The molecule has 0 saturated carbocycles. The van der Waals surface area contributed by atoms with Crippen molar-refractivity contribution in [2.45, 2.75) is 37.2 Å². The van der Waals surface area contributed by atoms with Crippen LogP contribution in [-0.2, 0) is 16.6 Å². The van der Waals surface area contributed by atoms with Gasteiger partial charge < -0.3 is 0 Å². The van der Waals surface area contributed by atoms with Crippen LogP contribution in [0.2, 0.25) is 0 Å². The lowest BCUT2D eigenvalue weighted by molar-refractivity contribution is 0.300. The average molecular weight is 497 g/mol. The lowest BCUT2D eigenvalue weighted by Gasteiger charge is -2.35. The van der Waals surface area contributed by atoms with E-state index in [9.17, 15) is 12.8 Å². The molecule has 1 fully saturated rings. The van der Waals surface area contributed by atoms with Gasteiger partial charge in [0.25, 0.3) is 10.0 Å². The van der Waals surface area contributed by atoms with E-state index < -0.39 is 19.5 Å². The molecule has 2 atom stereocenters. The third-order valence-electron chi connectivity index (χ3n) is 5.47. The van der Waals surface area contributed by atoms with Gasteiger partial charge in [0.05, 0.1) is 10.4 Å². The molecule has 0 aromatic heterocycles. The molecule has 1 saturated heterocycles. The minimum Gasteiger partial charge on any atom is -0.297 e. The molecular formula is C22H26ClFN4O2S2. The Hall–Kier alpha value is -1.91. The number of sulfonamides is 1. The summed E-state index contributed by atoms with van der Waals surface area (Å²) in [7, 11) is 0.941. The maximum Gasteiger partial charge on any atom is 0.263 e. The minimum atomic E-state index is -3.74. The molecule has 10 heteroatoms. The number of hydrogen-bond acceptors (Lipinski definition) is 5. The zero-order chi connectivity index (χ0) is 23.0. The van der Waals surface area contributed by atoms with Crippen molar-refractivity contribution in [1.82, 2.24) is 14.3 Å². The molecule has 2 heterocycles. The first-order valence-corrected chi connectivity index (χ1v) is 14.3. The summed E-state index contributed by atoms with van der Waals surface area (Å²) in [5.41, 5.74) is 2.98. The number of likely N-dealkylation sites (tertiary alicyclic amines) is 1. The van der Waals surface area contributed by atoms with Crippen LogP contribution in [0.1, 0.15) is 24.5 Å². The van der Waals surface area contributed by atoms with E-state index in [0.717, 1.165) is 18.5 Å². The Morgan fingerprint density at radius 2 is 2.00 bits per heavy atom. The number of halogens is 2. The van der Waals surface area contributed by atoms with Crippen LogP contribution >= 0.6 is 20.1 Å². The molecule has 4 rings (SSSR count). The van der Waals surface area contributed by atoms with E-state index in [1.54, 1.807) is 35.2 Å². The molecule has 0 radical (unpaired) electrons. The predicted octanol–water partition coefficient (Wildman–Crippen LogP) is 4.38. The highest BCUT2D eigenvalue weighted by Gasteiger charge is 2.39. The Morgan fingerprint density at radius 1 is 1.25 bits per heavy atom. The molecule has 2 aromatic carbocycles. The maximum atomic E-state index is 14.2. The summed E-state index contributed by atoms with van der Waals surface area (Å²) in [4.78, 5) is 6.56. The lowest BCUT2D eigenvalue weighted by atomic mass is 10.0. The lowest BCUT2D eigenvalue weighted by Crippen LogP contribution is -2.44. The van der Waals surface area contributed by atoms with E-state index in [4.69, 9.17) is 10.7 Å². The normalized spacial score (nSPS) is 27.8. The zero-order valence-corrected chi connectivity index (χ0v) is 20.3. The van der Waals surface area contributed by atoms with Crippen molar-refractivity contribution in [2.75, 3.05) is 13.1 Å². The fourth-order valence-electron chi connectivity index (χ4n) is 3.98. The molecule has 2 aliphatic heterocycles. The van der Waals surface area contributed by atoms with Crippen LogP contribution in [0.25, 0.3) is 0 Å². The van der Waals surface area contributed by atoms with Gasteiger partial charge in [-0.3, -0.25) is 14.3 Å². The van der Waals surface area contributed by atoms with Gasteiger partial charge in [0.15, 0.2) is 0 Å². The second-order valence-corrected chi connectivity index (χ2v) is 13.6. The van der Waals surface area contributed by atoms with Crippen molar-refractivity contribution in [3.05, 3.63) is 76.7 Å². The topological polar surface area (TPSA) is 73.8 Å². The summed E-state index contributed by atoms with van der Waals surface area (Å²) < 4.78 is 45.3. The fraction of sp³-hybridized carbons (Fsp3) is 0.318. The summed E-state index contributed by atoms with van der Waals surface area (Å²) in [5.74, 6) is 0.00411. The van der Waals surface area contributed by atoms with Gasteiger partial charge in [0.1, 0.15) is 11.6 Å². The van der Waals surface area contributed by atoms with Gasteiger partial charge in [-0.25, -0.2) is 17.8 Å². The molecule has 0 bridgehead atoms. The Bertz CT molecular complexity index is 1180. The van der Waals surface area contributed by atoms with Gasteiger partial charge in [-0.1, -0.05) is 35.9 Å². The molecule has 1 unspecified atom stereocenters. The van der Waals surface area contributed by atoms with Crippen molar-refractivity contribution in [3.8, 4) is 0 Å². The Labute approximate surface area is 194 Å². The number of aryl methyl sites for hydroxylation is 1. The van der Waals surface area contributed by atoms with Gasteiger partial charge in [0, 0.05) is 36.1 Å². The maximum absolute atomic E-state index is 14.2. The smallest absolute Gasteiger partial charge is 0.263 e. The van der Waals surface area contributed by atoms with Gasteiger partial charge in [0.2, 0.25) is 0 Å². The van der Waals surface area contributed by atoms with Crippen LogP contribution in [-0.4, -0.2) is 37.5 Å². The summed E-state index contributed by atoms with van der Waals surface area (Å²) in [5, 5.41) is 1.64. The average Bonchev–Trinajstić information content (AvgIpc) is 3.27. The van der Waals surface area contributed by atoms with E-state index in [2.05, 4.69) is 26.3 Å². The number of rotatable bonds is 7. The predicted molar refractivity (Wildman–Crippen MR) is 129 cm³/mol. The number of hydrogen-bond donors (Lipinski definition) is 2. The summed E-state index contributed by atoms with van der Waals surface area (Å²) in [6.45, 7) is 6.05. The molecule has 0 aliphatic carbocycles. The number of aliphatic imine (C=N–C) groups is 1. The monoisotopic (exact) mass is 496 g/mol. The van der Waals surface area contributed by atoms with E-state index in [-0.39, 0.29) is 22.1 Å². The number of benzene rings is 2. The highest BCUT2D eigenvalue weighted by Crippen LogP contribution is 2.54. The highest BCUT2D eigenvalue weighted by atomic mass is 35.7.